The van der Waals surface area contributed by atoms with Crippen molar-refractivity contribution in [2.24, 2.45) is 0 Å². The maximum atomic E-state index is 13.8. The van der Waals surface area contributed by atoms with Crippen LogP contribution in [0.5, 0.6) is 0 Å². The molecule has 4 nitrogen and oxygen atoms in total. The zero-order valence-electron chi connectivity index (χ0n) is 17.9. The molecule has 4 rings (SSSR count). The Hall–Kier alpha value is -3.73. The van der Waals surface area contributed by atoms with E-state index in [1.165, 1.54) is 18.2 Å². The number of nitrogens with zero attached hydrogens (tertiary/aromatic N) is 1. The Balaban J connectivity index is 1.87. The molecular formula is C26H23FN2O2. The van der Waals surface area contributed by atoms with Gasteiger partial charge in [0.25, 0.3) is 11.8 Å². The number of aryl methyl sites for hydroxylation is 4. The first-order valence-electron chi connectivity index (χ1n) is 10.1. The molecule has 0 fully saturated rings. The van der Waals surface area contributed by atoms with E-state index >= 15 is 0 Å². The second kappa shape index (κ2) is 7.84. The van der Waals surface area contributed by atoms with Gasteiger partial charge >= 0.3 is 0 Å². The lowest BCUT2D eigenvalue weighted by atomic mass is 9.99. The van der Waals surface area contributed by atoms with Crippen LogP contribution in [0.15, 0.2) is 66.4 Å². The van der Waals surface area contributed by atoms with E-state index in [0.717, 1.165) is 32.8 Å². The fourth-order valence-corrected chi connectivity index (χ4v) is 3.75. The highest BCUT2D eigenvalue weighted by Gasteiger charge is 2.40. The summed E-state index contributed by atoms with van der Waals surface area (Å²) in [6, 6.07) is 17.0. The number of imide groups is 1. The minimum atomic E-state index is -0.512. The molecule has 0 atom stereocenters. The van der Waals surface area contributed by atoms with E-state index < -0.39 is 17.6 Å². The Morgan fingerprint density at radius 1 is 0.774 bits per heavy atom. The summed E-state index contributed by atoms with van der Waals surface area (Å²) in [6.07, 6.45) is 0. The summed E-state index contributed by atoms with van der Waals surface area (Å²) in [5.74, 6) is -1.50. The summed E-state index contributed by atoms with van der Waals surface area (Å²) in [5.41, 5.74) is 6.21. The van der Waals surface area contributed by atoms with Crippen molar-refractivity contribution in [2.45, 2.75) is 27.7 Å². The Labute approximate surface area is 181 Å². The zero-order chi connectivity index (χ0) is 22.3. The van der Waals surface area contributed by atoms with Crippen molar-refractivity contribution in [3.05, 3.63) is 100.0 Å². The van der Waals surface area contributed by atoms with Crippen molar-refractivity contribution < 1.29 is 14.0 Å². The molecule has 0 saturated carbocycles. The second-order valence-corrected chi connectivity index (χ2v) is 7.92. The van der Waals surface area contributed by atoms with Crippen LogP contribution in [0, 0.1) is 33.5 Å². The molecule has 2 amide bonds. The molecule has 5 heteroatoms. The van der Waals surface area contributed by atoms with Gasteiger partial charge in [0.1, 0.15) is 11.5 Å². The normalized spacial score (nSPS) is 13.9. The molecule has 0 bridgehead atoms. The van der Waals surface area contributed by atoms with Gasteiger partial charge in [-0.3, -0.25) is 9.59 Å². The lowest BCUT2D eigenvalue weighted by molar-refractivity contribution is -0.120. The molecule has 1 aliphatic heterocycles. The summed E-state index contributed by atoms with van der Waals surface area (Å²) in [4.78, 5) is 27.9. The maximum Gasteiger partial charge on any atom is 0.282 e. The van der Waals surface area contributed by atoms with E-state index in [4.69, 9.17) is 0 Å². The molecule has 1 aliphatic rings. The Kier molecular flexibility index (Phi) is 5.19. The number of hydrogen-bond donors (Lipinski definition) is 1. The number of amides is 2. The van der Waals surface area contributed by atoms with Crippen molar-refractivity contribution in [2.75, 3.05) is 10.2 Å². The van der Waals surface area contributed by atoms with Crippen LogP contribution in [0.2, 0.25) is 0 Å². The molecule has 0 aliphatic carbocycles. The van der Waals surface area contributed by atoms with Gasteiger partial charge in [-0.25, -0.2) is 9.29 Å². The predicted octanol–water partition coefficient (Wildman–Crippen LogP) is 5.46. The van der Waals surface area contributed by atoms with Crippen molar-refractivity contribution in [3.63, 3.8) is 0 Å². The van der Waals surface area contributed by atoms with Crippen LogP contribution in [-0.4, -0.2) is 11.8 Å². The third-order valence-corrected chi connectivity index (χ3v) is 5.59. The monoisotopic (exact) mass is 414 g/mol. The zero-order valence-corrected chi connectivity index (χ0v) is 17.9. The van der Waals surface area contributed by atoms with E-state index in [-0.39, 0.29) is 17.0 Å². The van der Waals surface area contributed by atoms with Crippen LogP contribution < -0.4 is 10.2 Å². The van der Waals surface area contributed by atoms with Gasteiger partial charge in [-0.15, -0.1) is 0 Å². The molecule has 1 N–H and O–H groups in total. The average Bonchev–Trinajstić information content (AvgIpc) is 2.96. The standard InChI is InChI=1S/C26H23FN2O2/c1-15-8-11-22(18(4)12-15)28-24-23(19-10-9-16(2)17(3)13-19)25(30)29(26(24)31)21-7-5-6-20(27)14-21/h5-14,28H,1-4H3. The first-order chi connectivity index (χ1) is 14.8. The van der Waals surface area contributed by atoms with Gasteiger partial charge < -0.3 is 5.32 Å². The lowest BCUT2D eigenvalue weighted by Crippen LogP contribution is -2.32. The molecule has 0 radical (unpaired) electrons. The molecule has 1 heterocycles. The van der Waals surface area contributed by atoms with Crippen LogP contribution >= 0.6 is 0 Å². The number of benzene rings is 3. The van der Waals surface area contributed by atoms with Gasteiger partial charge in [0.2, 0.25) is 0 Å². The molecular weight excluding hydrogens is 391 g/mol. The van der Waals surface area contributed by atoms with Crippen LogP contribution in [0.4, 0.5) is 15.8 Å². The Morgan fingerprint density at radius 2 is 1.55 bits per heavy atom. The highest BCUT2D eigenvalue weighted by molar-refractivity contribution is 6.46. The van der Waals surface area contributed by atoms with Crippen LogP contribution in [-0.2, 0) is 9.59 Å². The summed E-state index contributed by atoms with van der Waals surface area (Å²) < 4.78 is 13.8. The van der Waals surface area contributed by atoms with E-state index in [2.05, 4.69) is 5.32 Å². The number of anilines is 2. The van der Waals surface area contributed by atoms with E-state index in [9.17, 15) is 14.0 Å². The van der Waals surface area contributed by atoms with Gasteiger partial charge in [0.05, 0.1) is 11.3 Å². The van der Waals surface area contributed by atoms with Crippen molar-refractivity contribution in [1.29, 1.82) is 0 Å². The first-order valence-corrected chi connectivity index (χ1v) is 10.1. The molecule has 0 unspecified atom stereocenters. The number of halogens is 1. The topological polar surface area (TPSA) is 49.4 Å². The van der Waals surface area contributed by atoms with Crippen LogP contribution in [0.25, 0.3) is 5.57 Å². The van der Waals surface area contributed by atoms with Gasteiger partial charge in [0, 0.05) is 5.69 Å². The molecule has 0 aromatic heterocycles. The average molecular weight is 414 g/mol. The smallest absolute Gasteiger partial charge is 0.282 e. The third kappa shape index (κ3) is 3.75. The predicted molar refractivity (Wildman–Crippen MR) is 121 cm³/mol. The number of hydrogen-bond acceptors (Lipinski definition) is 3. The molecule has 0 saturated heterocycles. The number of carbonyl (C=O) groups is 2. The molecule has 156 valence electrons. The van der Waals surface area contributed by atoms with E-state index in [1.54, 1.807) is 6.07 Å². The number of rotatable bonds is 4. The van der Waals surface area contributed by atoms with Crippen molar-refractivity contribution in [1.82, 2.24) is 0 Å². The largest absolute Gasteiger partial charge is 0.350 e. The summed E-state index contributed by atoms with van der Waals surface area (Å²) in [6.45, 7) is 7.88. The second-order valence-electron chi connectivity index (χ2n) is 7.92. The van der Waals surface area contributed by atoms with Gasteiger partial charge in [-0.1, -0.05) is 42.0 Å². The Morgan fingerprint density at radius 3 is 2.23 bits per heavy atom. The molecule has 3 aromatic carbocycles. The van der Waals surface area contributed by atoms with E-state index in [1.807, 2.05) is 64.1 Å². The van der Waals surface area contributed by atoms with Gasteiger partial charge in [-0.2, -0.15) is 0 Å². The summed E-state index contributed by atoms with van der Waals surface area (Å²) in [5, 5.41) is 3.19. The molecule has 31 heavy (non-hydrogen) atoms. The SMILES string of the molecule is Cc1ccc(NC2=C(c3ccc(C)c(C)c3)C(=O)N(c3cccc(F)c3)C2=O)c(C)c1. The molecule has 3 aromatic rings. The minimum absolute atomic E-state index is 0.185. The van der Waals surface area contributed by atoms with Crippen LogP contribution in [0.1, 0.15) is 27.8 Å². The van der Waals surface area contributed by atoms with Crippen molar-refractivity contribution in [3.8, 4) is 0 Å². The van der Waals surface area contributed by atoms with Gasteiger partial charge in [-0.05, 0) is 74.2 Å². The summed E-state index contributed by atoms with van der Waals surface area (Å²) >= 11 is 0. The Bertz CT molecular complexity index is 1260. The highest BCUT2D eigenvalue weighted by Crippen LogP contribution is 2.35. The highest BCUT2D eigenvalue weighted by atomic mass is 19.1. The van der Waals surface area contributed by atoms with Gasteiger partial charge in [0.15, 0.2) is 0 Å². The lowest BCUT2D eigenvalue weighted by Gasteiger charge is -2.16. The summed E-state index contributed by atoms with van der Waals surface area (Å²) in [7, 11) is 0. The number of carbonyl (C=O) groups excluding carboxylic acids is 2. The van der Waals surface area contributed by atoms with Crippen LogP contribution in [0.3, 0.4) is 0 Å². The third-order valence-electron chi connectivity index (χ3n) is 5.59. The fourth-order valence-electron chi connectivity index (χ4n) is 3.75. The first kappa shape index (κ1) is 20.5. The maximum absolute atomic E-state index is 13.8. The van der Waals surface area contributed by atoms with E-state index in [0.29, 0.717) is 5.56 Å². The fraction of sp³-hybridized carbons (Fsp3) is 0.154. The quantitative estimate of drug-likeness (QED) is 0.577. The number of nitrogens with one attached hydrogen (secondary N) is 1. The molecule has 0 spiro atoms. The van der Waals surface area contributed by atoms with Crippen molar-refractivity contribution >= 4 is 28.8 Å². The minimum Gasteiger partial charge on any atom is -0.350 e.